The average Bonchev–Trinajstić information content (AvgIpc) is 2.65. The highest BCUT2D eigenvalue weighted by atomic mass is 35.5. The smallest absolute Gasteiger partial charge is 0.227 e. The second-order valence-electron chi connectivity index (χ2n) is 6.47. The molecule has 5 nitrogen and oxygen atoms in total. The lowest BCUT2D eigenvalue weighted by atomic mass is 9.94. The predicted octanol–water partition coefficient (Wildman–Crippen LogP) is 2.12. The zero-order valence-corrected chi connectivity index (χ0v) is 14.8. The third kappa shape index (κ3) is 4.30. The van der Waals surface area contributed by atoms with Crippen LogP contribution in [0.25, 0.3) is 0 Å². The van der Waals surface area contributed by atoms with Gasteiger partial charge in [0.25, 0.3) is 0 Å². The topological polar surface area (TPSA) is 49.9 Å². The van der Waals surface area contributed by atoms with E-state index in [1.807, 2.05) is 4.90 Å². The molecule has 0 unspecified atom stereocenters. The van der Waals surface area contributed by atoms with Crippen molar-refractivity contribution in [3.05, 3.63) is 34.6 Å². The minimum atomic E-state index is -0.460. The van der Waals surface area contributed by atoms with Crippen molar-refractivity contribution in [3.8, 4) is 0 Å². The Morgan fingerprint density at radius 3 is 2.44 bits per heavy atom. The lowest BCUT2D eigenvalue weighted by Crippen LogP contribution is -2.47. The molecule has 0 aromatic heterocycles. The van der Waals surface area contributed by atoms with E-state index in [-0.39, 0.29) is 34.7 Å². The summed E-state index contributed by atoms with van der Waals surface area (Å²) in [6, 6.07) is 4.41. The SMILES string of the molecule is O=C(Cc1c(F)cccc1Cl)N1CCC(C(=O)N2CCOCC2)CC1. The Labute approximate surface area is 151 Å². The minimum Gasteiger partial charge on any atom is -0.378 e. The summed E-state index contributed by atoms with van der Waals surface area (Å²) in [5, 5.41) is 0.269. The number of morpholine rings is 1. The Bertz CT molecular complexity index is 621. The number of ether oxygens (including phenoxy) is 1. The van der Waals surface area contributed by atoms with Gasteiger partial charge < -0.3 is 14.5 Å². The maximum absolute atomic E-state index is 13.8. The summed E-state index contributed by atoms with van der Waals surface area (Å²) in [5.41, 5.74) is 0.237. The zero-order valence-electron chi connectivity index (χ0n) is 14.0. The number of piperidine rings is 1. The summed E-state index contributed by atoms with van der Waals surface area (Å²) in [6.07, 6.45) is 1.24. The second kappa shape index (κ2) is 8.15. The number of rotatable bonds is 3. The third-order valence-corrected chi connectivity index (χ3v) is 5.26. The van der Waals surface area contributed by atoms with Crippen molar-refractivity contribution in [2.45, 2.75) is 19.3 Å². The van der Waals surface area contributed by atoms with Gasteiger partial charge in [0.05, 0.1) is 19.6 Å². The van der Waals surface area contributed by atoms with Gasteiger partial charge in [-0.25, -0.2) is 4.39 Å². The monoisotopic (exact) mass is 368 g/mol. The van der Waals surface area contributed by atoms with Crippen LogP contribution < -0.4 is 0 Å². The van der Waals surface area contributed by atoms with E-state index in [4.69, 9.17) is 16.3 Å². The number of hydrogen-bond donors (Lipinski definition) is 0. The van der Waals surface area contributed by atoms with Gasteiger partial charge in [0.2, 0.25) is 11.8 Å². The van der Waals surface area contributed by atoms with E-state index in [0.29, 0.717) is 52.2 Å². The van der Waals surface area contributed by atoms with Crippen molar-refractivity contribution in [2.75, 3.05) is 39.4 Å². The van der Waals surface area contributed by atoms with Gasteiger partial charge in [0.15, 0.2) is 0 Å². The van der Waals surface area contributed by atoms with Crippen molar-refractivity contribution >= 4 is 23.4 Å². The fraction of sp³-hybridized carbons (Fsp3) is 0.556. The molecule has 2 saturated heterocycles. The van der Waals surface area contributed by atoms with Gasteiger partial charge in [0, 0.05) is 42.7 Å². The predicted molar refractivity (Wildman–Crippen MR) is 91.8 cm³/mol. The van der Waals surface area contributed by atoms with E-state index < -0.39 is 5.82 Å². The minimum absolute atomic E-state index is 0.0424. The molecule has 2 fully saturated rings. The molecule has 2 heterocycles. The molecule has 1 aromatic rings. The standard InChI is InChI=1S/C18H22ClFN2O3/c19-15-2-1-3-16(20)14(15)12-17(23)21-6-4-13(5-7-21)18(24)22-8-10-25-11-9-22/h1-3,13H,4-12H2. The molecule has 0 spiro atoms. The number of nitrogens with zero attached hydrogens (tertiary/aromatic N) is 2. The second-order valence-corrected chi connectivity index (χ2v) is 6.88. The average molecular weight is 369 g/mol. The Morgan fingerprint density at radius 2 is 1.80 bits per heavy atom. The van der Waals surface area contributed by atoms with Crippen LogP contribution in [0.5, 0.6) is 0 Å². The number of benzene rings is 1. The summed E-state index contributed by atoms with van der Waals surface area (Å²) in [4.78, 5) is 28.5. The number of hydrogen-bond acceptors (Lipinski definition) is 3. The number of amides is 2. The lowest BCUT2D eigenvalue weighted by Gasteiger charge is -2.35. The van der Waals surface area contributed by atoms with Gasteiger partial charge in [-0.3, -0.25) is 9.59 Å². The molecule has 136 valence electrons. The Balaban J connectivity index is 1.53. The molecule has 0 N–H and O–H groups in total. The quantitative estimate of drug-likeness (QED) is 0.821. The molecule has 1 aromatic carbocycles. The van der Waals surface area contributed by atoms with Gasteiger partial charge in [-0.15, -0.1) is 0 Å². The molecule has 2 aliphatic heterocycles. The maximum atomic E-state index is 13.8. The van der Waals surface area contributed by atoms with Crippen LogP contribution in [0.4, 0.5) is 4.39 Å². The normalized spacial score (nSPS) is 19.1. The van der Waals surface area contributed by atoms with E-state index in [2.05, 4.69) is 0 Å². The van der Waals surface area contributed by atoms with Crippen LogP contribution >= 0.6 is 11.6 Å². The molecule has 3 rings (SSSR count). The Kier molecular flexibility index (Phi) is 5.91. The molecule has 0 radical (unpaired) electrons. The summed E-state index contributed by atoms with van der Waals surface area (Å²) in [7, 11) is 0. The van der Waals surface area contributed by atoms with Crippen molar-refractivity contribution in [2.24, 2.45) is 5.92 Å². The van der Waals surface area contributed by atoms with Gasteiger partial charge in [-0.05, 0) is 25.0 Å². The first-order valence-electron chi connectivity index (χ1n) is 8.63. The number of likely N-dealkylation sites (tertiary alicyclic amines) is 1. The van der Waals surface area contributed by atoms with Crippen LogP contribution in [-0.2, 0) is 20.7 Å². The molecule has 0 atom stereocenters. The van der Waals surface area contributed by atoms with Crippen molar-refractivity contribution in [1.82, 2.24) is 9.80 Å². The molecule has 7 heteroatoms. The van der Waals surface area contributed by atoms with Crippen molar-refractivity contribution in [3.63, 3.8) is 0 Å². The van der Waals surface area contributed by atoms with E-state index in [1.54, 1.807) is 11.0 Å². The molecule has 2 amide bonds. The Hall–Kier alpha value is -1.66. The highest BCUT2D eigenvalue weighted by Crippen LogP contribution is 2.23. The largest absolute Gasteiger partial charge is 0.378 e. The molecular formula is C18H22ClFN2O3. The first-order chi connectivity index (χ1) is 12.1. The number of halogens is 2. The Morgan fingerprint density at radius 1 is 1.12 bits per heavy atom. The highest BCUT2D eigenvalue weighted by Gasteiger charge is 2.31. The lowest BCUT2D eigenvalue weighted by molar-refractivity contribution is -0.143. The van der Waals surface area contributed by atoms with Crippen LogP contribution in [0.1, 0.15) is 18.4 Å². The molecule has 0 bridgehead atoms. The number of carbonyl (C=O) groups excluding carboxylic acids is 2. The third-order valence-electron chi connectivity index (χ3n) is 4.91. The van der Waals surface area contributed by atoms with E-state index in [1.165, 1.54) is 12.1 Å². The van der Waals surface area contributed by atoms with Gasteiger partial charge in [-0.1, -0.05) is 17.7 Å². The number of carbonyl (C=O) groups is 2. The fourth-order valence-corrected chi connectivity index (χ4v) is 3.61. The van der Waals surface area contributed by atoms with E-state index >= 15 is 0 Å². The van der Waals surface area contributed by atoms with Crippen LogP contribution in [0, 0.1) is 11.7 Å². The summed E-state index contributed by atoms with van der Waals surface area (Å²) < 4.78 is 19.1. The van der Waals surface area contributed by atoms with Crippen LogP contribution in [0.3, 0.4) is 0 Å². The fourth-order valence-electron chi connectivity index (χ4n) is 3.38. The summed E-state index contributed by atoms with van der Waals surface area (Å²) in [6.45, 7) is 3.50. The van der Waals surface area contributed by atoms with Crippen molar-refractivity contribution in [1.29, 1.82) is 0 Å². The van der Waals surface area contributed by atoms with Gasteiger partial charge >= 0.3 is 0 Å². The van der Waals surface area contributed by atoms with E-state index in [0.717, 1.165) is 0 Å². The van der Waals surface area contributed by atoms with E-state index in [9.17, 15) is 14.0 Å². The maximum Gasteiger partial charge on any atom is 0.227 e. The molecule has 25 heavy (non-hydrogen) atoms. The molecule has 0 saturated carbocycles. The molecular weight excluding hydrogens is 347 g/mol. The first kappa shape index (κ1) is 18.1. The summed E-state index contributed by atoms with van der Waals surface area (Å²) >= 11 is 5.99. The first-order valence-corrected chi connectivity index (χ1v) is 9.01. The van der Waals surface area contributed by atoms with Crippen LogP contribution in [0.2, 0.25) is 5.02 Å². The van der Waals surface area contributed by atoms with Gasteiger partial charge in [0.1, 0.15) is 5.82 Å². The van der Waals surface area contributed by atoms with Crippen molar-refractivity contribution < 1.29 is 18.7 Å². The molecule has 2 aliphatic rings. The molecule has 0 aliphatic carbocycles. The van der Waals surface area contributed by atoms with Gasteiger partial charge in [-0.2, -0.15) is 0 Å². The zero-order chi connectivity index (χ0) is 17.8. The highest BCUT2D eigenvalue weighted by molar-refractivity contribution is 6.31. The summed E-state index contributed by atoms with van der Waals surface area (Å²) in [5.74, 6) is -0.491. The van der Waals surface area contributed by atoms with Crippen LogP contribution in [-0.4, -0.2) is 61.0 Å². The van der Waals surface area contributed by atoms with Crippen LogP contribution in [0.15, 0.2) is 18.2 Å².